The number of hydrogen-bond donors (Lipinski definition) is 0. The molecule has 78 heavy (non-hydrogen) atoms. The summed E-state index contributed by atoms with van der Waals surface area (Å²) in [7, 11) is 0. The zero-order valence-corrected chi connectivity index (χ0v) is 40.4. The summed E-state index contributed by atoms with van der Waals surface area (Å²) >= 11 is 0. The van der Waals surface area contributed by atoms with Gasteiger partial charge in [-0.15, -0.1) is 21.9 Å². The van der Waals surface area contributed by atoms with Crippen molar-refractivity contribution >= 4 is 33.8 Å². The molecule has 0 fully saturated rings. The highest BCUT2D eigenvalue weighted by atomic mass is 19.2. The van der Waals surface area contributed by atoms with Gasteiger partial charge in [-0.1, -0.05) is 119 Å². The zero-order valence-electron chi connectivity index (χ0n) is 40.4. The molecule has 1 heterocycles. The van der Waals surface area contributed by atoms with Gasteiger partial charge in [-0.2, -0.15) is 4.57 Å². The number of benzene rings is 6. The molecule has 0 aliphatic carbocycles. The van der Waals surface area contributed by atoms with Crippen molar-refractivity contribution in [2.75, 3.05) is 0 Å². The van der Waals surface area contributed by atoms with E-state index < -0.39 is 144 Å². The van der Waals surface area contributed by atoms with Gasteiger partial charge in [-0.3, -0.25) is 4.79 Å². The van der Waals surface area contributed by atoms with Crippen LogP contribution in [0.1, 0.15) is 87.1 Å². The molecule has 0 bridgehead atoms. The van der Waals surface area contributed by atoms with Crippen LogP contribution in [-0.2, 0) is 13.0 Å². The summed E-state index contributed by atoms with van der Waals surface area (Å²) in [6.07, 6.45) is 13.2. The van der Waals surface area contributed by atoms with Crippen LogP contribution in [0, 0.1) is 116 Å². The topological polar surface area (TPSA) is 33.8 Å². The number of aromatic nitrogens is 2. The lowest BCUT2D eigenvalue weighted by atomic mass is 9.12. The Morgan fingerprint density at radius 2 is 0.731 bits per heavy atom. The first-order chi connectivity index (χ1) is 37.0. The van der Waals surface area contributed by atoms with Gasteiger partial charge in [0.05, 0.1) is 6.20 Å². The minimum Gasteiger partial charge on any atom is -0.287 e. The Bertz CT molecular complexity index is 2960. The highest BCUT2D eigenvalue weighted by Crippen LogP contribution is 2.31. The standard InChI is InChI=1S/C30H39N2O.C24BF20/c1-2-3-4-5-6-7-8-9-10-12-15-26-18-20-27(21-19-26)29-24-32(23-22-31-29)25-30(33)28-16-13-11-14-17-28;26-5-1(6(27)14(35)21(42)13(5)34)25(2-7(28)15(36)22(43)16(37)8(2)29,3-9(30)17(38)23(44)18(39)10(3)31)4-11(32)19(40)24(45)20(41)12(4)33/h11,13-14,16-24H,2-10,12,15,25H2,1H3;/q+1;-1. The van der Waals surface area contributed by atoms with Crippen molar-refractivity contribution in [3.8, 4) is 11.3 Å². The fraction of sp³-hybridized carbons (Fsp3) is 0.241. The molecule has 0 spiro atoms. The number of rotatable bonds is 19. The first kappa shape index (κ1) is 60.0. The van der Waals surface area contributed by atoms with Gasteiger partial charge < -0.3 is 0 Å². The van der Waals surface area contributed by atoms with Crippen LogP contribution in [0.3, 0.4) is 0 Å². The zero-order chi connectivity index (χ0) is 57.5. The quantitative estimate of drug-likeness (QED) is 0.0154. The summed E-state index contributed by atoms with van der Waals surface area (Å²) < 4.78 is 296. The summed E-state index contributed by atoms with van der Waals surface area (Å²) in [4.78, 5) is 17.0. The van der Waals surface area contributed by atoms with Crippen LogP contribution in [-0.4, -0.2) is 16.9 Å². The molecule has 0 aliphatic heterocycles. The maximum Gasteiger partial charge on any atom is 0.227 e. The molecule has 3 nitrogen and oxygen atoms in total. The van der Waals surface area contributed by atoms with Crippen LogP contribution in [0.15, 0.2) is 73.2 Å². The molecule has 0 saturated carbocycles. The van der Waals surface area contributed by atoms with E-state index in [1.807, 2.05) is 47.3 Å². The minimum atomic E-state index is -7.22. The second-order valence-electron chi connectivity index (χ2n) is 17.8. The van der Waals surface area contributed by atoms with E-state index >= 15 is 35.1 Å². The Morgan fingerprint density at radius 1 is 0.410 bits per heavy atom. The molecule has 0 atom stereocenters. The number of carbonyl (C=O) groups is 1. The molecule has 0 N–H and O–H groups in total. The molecular weight excluding hydrogens is 1080 g/mol. The third kappa shape index (κ3) is 11.6. The van der Waals surface area contributed by atoms with Crippen molar-refractivity contribution in [1.82, 2.24) is 4.98 Å². The van der Waals surface area contributed by atoms with Crippen molar-refractivity contribution in [2.45, 2.75) is 84.1 Å². The van der Waals surface area contributed by atoms with Gasteiger partial charge in [-0.25, -0.2) is 92.8 Å². The molecule has 7 aromatic rings. The van der Waals surface area contributed by atoms with Gasteiger partial charge in [0, 0.05) is 11.1 Å². The van der Waals surface area contributed by atoms with Gasteiger partial charge in [0.1, 0.15) is 58.4 Å². The first-order valence-electron chi connectivity index (χ1n) is 23.7. The molecule has 0 amide bonds. The summed E-state index contributed by atoms with van der Waals surface area (Å²) in [6, 6.07) is 18.2. The molecule has 0 saturated heterocycles. The lowest BCUT2D eigenvalue weighted by Crippen LogP contribution is -2.81. The van der Waals surface area contributed by atoms with Crippen molar-refractivity contribution in [2.24, 2.45) is 0 Å². The highest BCUT2D eigenvalue weighted by Gasteiger charge is 2.52. The van der Waals surface area contributed by atoms with Crippen LogP contribution in [0.25, 0.3) is 11.3 Å². The van der Waals surface area contributed by atoms with Crippen LogP contribution in [0.5, 0.6) is 0 Å². The molecule has 0 aliphatic rings. The van der Waals surface area contributed by atoms with E-state index in [-0.39, 0.29) is 5.78 Å². The van der Waals surface area contributed by atoms with Crippen LogP contribution in [0.2, 0.25) is 0 Å². The second-order valence-corrected chi connectivity index (χ2v) is 17.8. The van der Waals surface area contributed by atoms with Gasteiger partial charge in [0.2, 0.25) is 12.3 Å². The van der Waals surface area contributed by atoms with Gasteiger partial charge >= 0.3 is 0 Å². The van der Waals surface area contributed by atoms with Crippen molar-refractivity contribution in [3.05, 3.63) is 201 Å². The number of halogens is 20. The smallest absolute Gasteiger partial charge is 0.227 e. The summed E-state index contributed by atoms with van der Waals surface area (Å²) in [5.74, 6) is -71.3. The predicted molar refractivity (Wildman–Crippen MR) is 245 cm³/mol. The van der Waals surface area contributed by atoms with E-state index in [0.717, 1.165) is 23.2 Å². The molecule has 24 heteroatoms. The van der Waals surface area contributed by atoms with E-state index in [9.17, 15) is 57.5 Å². The van der Waals surface area contributed by atoms with Crippen LogP contribution >= 0.6 is 0 Å². The van der Waals surface area contributed by atoms with E-state index in [1.54, 1.807) is 6.20 Å². The first-order valence-corrected chi connectivity index (χ1v) is 23.7. The molecular formula is C54H39BF20N2O. The summed E-state index contributed by atoms with van der Waals surface area (Å²) in [6.45, 7) is 2.59. The average molecular weight is 1120 g/mol. The third-order valence-corrected chi connectivity index (χ3v) is 13.0. The van der Waals surface area contributed by atoms with Crippen LogP contribution in [0.4, 0.5) is 87.8 Å². The Hall–Kier alpha value is -7.27. The SMILES string of the molecule is CCCCCCCCCCCCc1ccc(-c2c[n+](CC(=O)c3ccccc3)ccn2)cc1.Fc1c(F)c(F)c([B-](c2c(F)c(F)c(F)c(F)c2F)(c2c(F)c(F)c(F)c(F)c2F)c2c(F)c(F)c(F)c(F)c2F)c(F)c1F. The van der Waals surface area contributed by atoms with Gasteiger partial charge in [0.15, 0.2) is 82.2 Å². The number of aryl methyl sites for hydroxylation is 1. The summed E-state index contributed by atoms with van der Waals surface area (Å²) in [5.41, 5.74) is -10.2. The number of nitrogens with zero attached hydrogens (tertiary/aromatic N) is 2. The molecule has 0 unspecified atom stereocenters. The molecule has 6 aromatic carbocycles. The fourth-order valence-corrected chi connectivity index (χ4v) is 9.09. The maximum absolute atomic E-state index is 15.4. The third-order valence-electron chi connectivity index (χ3n) is 13.0. The predicted octanol–water partition coefficient (Wildman–Crippen LogP) is 13.2. The Labute approximate surface area is 431 Å². The van der Waals surface area contributed by atoms with Gasteiger partial charge in [0.25, 0.3) is 0 Å². The average Bonchev–Trinajstić information content (AvgIpc) is 2.09. The highest BCUT2D eigenvalue weighted by molar-refractivity contribution is 7.20. The second kappa shape index (κ2) is 25.5. The molecule has 414 valence electrons. The largest absolute Gasteiger partial charge is 0.287 e. The lowest BCUT2D eigenvalue weighted by Gasteiger charge is -2.44. The Morgan fingerprint density at radius 3 is 1.08 bits per heavy atom. The molecule has 0 radical (unpaired) electrons. The Balaban J connectivity index is 0.000000265. The van der Waals surface area contributed by atoms with E-state index in [0.29, 0.717) is 6.54 Å². The minimum absolute atomic E-state index is 0.101. The lowest BCUT2D eigenvalue weighted by molar-refractivity contribution is -0.683. The number of Topliss-reactive ketones (excluding diaryl/α,β-unsaturated/α-hetero) is 1. The maximum atomic E-state index is 15.4. The number of carbonyl (C=O) groups excluding carboxylic acids is 1. The fourth-order valence-electron chi connectivity index (χ4n) is 9.09. The van der Waals surface area contributed by atoms with E-state index in [2.05, 4.69) is 36.2 Å². The van der Waals surface area contributed by atoms with E-state index in [4.69, 9.17) is 0 Å². The van der Waals surface area contributed by atoms with Crippen molar-refractivity contribution in [1.29, 1.82) is 0 Å². The molecule has 1 aromatic heterocycles. The Kier molecular flexibility index (Phi) is 19.6. The summed E-state index contributed by atoms with van der Waals surface area (Å²) in [5, 5.41) is 0. The number of unbranched alkanes of at least 4 members (excludes halogenated alkanes) is 9. The molecule has 7 rings (SSSR count). The van der Waals surface area contributed by atoms with Gasteiger partial charge in [-0.05, 0) is 18.4 Å². The van der Waals surface area contributed by atoms with Crippen molar-refractivity contribution < 1.29 is 97.2 Å². The normalized spacial score (nSPS) is 11.6. The monoisotopic (exact) mass is 1120 g/mol. The van der Waals surface area contributed by atoms with Crippen LogP contribution < -0.4 is 26.4 Å². The van der Waals surface area contributed by atoms with E-state index in [1.165, 1.54) is 69.8 Å². The van der Waals surface area contributed by atoms with Crippen molar-refractivity contribution in [3.63, 3.8) is 0 Å². The number of ketones is 1. The number of hydrogen-bond acceptors (Lipinski definition) is 2.